The van der Waals surface area contributed by atoms with Crippen LogP contribution >= 0.6 is 62.2 Å². The van der Waals surface area contributed by atoms with E-state index in [1.807, 2.05) is 18.2 Å². The zero-order valence-electron chi connectivity index (χ0n) is 9.20. The lowest BCUT2D eigenvalue weighted by Gasteiger charge is -2.12. The third kappa shape index (κ3) is 3.65. The first kappa shape index (κ1) is 14.7. The van der Waals surface area contributed by atoms with E-state index >= 15 is 0 Å². The summed E-state index contributed by atoms with van der Waals surface area (Å²) >= 11 is 18.8. The average molecular weight is 383 g/mol. The predicted molar refractivity (Wildman–Crippen MR) is 86.1 cm³/mol. The van der Waals surface area contributed by atoms with Crippen LogP contribution < -0.4 is 5.73 Å². The highest BCUT2D eigenvalue weighted by Crippen LogP contribution is 2.39. The molecule has 0 fully saturated rings. The summed E-state index contributed by atoms with van der Waals surface area (Å²) in [5, 5.41) is 3.44. The summed E-state index contributed by atoms with van der Waals surface area (Å²) in [6.45, 7) is 0.581. The molecule has 0 saturated heterocycles. The molecule has 96 valence electrons. The molecule has 2 N–H and O–H groups in total. The van der Waals surface area contributed by atoms with Crippen molar-refractivity contribution in [3.63, 3.8) is 0 Å². The Labute approximate surface area is 133 Å². The van der Waals surface area contributed by atoms with Gasteiger partial charge >= 0.3 is 0 Å². The van der Waals surface area contributed by atoms with Gasteiger partial charge in [-0.3, -0.25) is 0 Å². The second kappa shape index (κ2) is 6.64. The van der Waals surface area contributed by atoms with Crippen LogP contribution in [0.15, 0.2) is 39.0 Å². The summed E-state index contributed by atoms with van der Waals surface area (Å²) in [7, 11) is 0. The third-order valence-corrected chi connectivity index (χ3v) is 6.24. The van der Waals surface area contributed by atoms with Crippen molar-refractivity contribution in [2.24, 2.45) is 5.73 Å². The third-order valence-electron chi connectivity index (χ3n) is 2.29. The Morgan fingerprint density at radius 2 is 2.06 bits per heavy atom. The smallest absolute Gasteiger partial charge is 0.0603 e. The standard InChI is InChI=1S/C12H10BrCl2NS2/c13-7-3-11(17-6-7)12(5-16)18-8-1-2-9(14)10(15)4-8/h1-4,6,12H,5,16H2. The van der Waals surface area contributed by atoms with Crippen molar-refractivity contribution in [1.29, 1.82) is 0 Å². The van der Waals surface area contributed by atoms with Crippen molar-refractivity contribution in [1.82, 2.24) is 0 Å². The van der Waals surface area contributed by atoms with Gasteiger partial charge in [-0.2, -0.15) is 0 Å². The van der Waals surface area contributed by atoms with Crippen molar-refractivity contribution >= 4 is 62.2 Å². The van der Waals surface area contributed by atoms with Gasteiger partial charge < -0.3 is 5.73 Å². The van der Waals surface area contributed by atoms with E-state index in [0.717, 1.165) is 9.37 Å². The molecule has 0 spiro atoms. The maximum absolute atomic E-state index is 6.01. The molecular formula is C12H10BrCl2NS2. The summed E-state index contributed by atoms with van der Waals surface area (Å²) in [6, 6.07) is 7.75. The summed E-state index contributed by atoms with van der Waals surface area (Å²) < 4.78 is 1.09. The number of hydrogen-bond donors (Lipinski definition) is 1. The molecule has 6 heteroatoms. The van der Waals surface area contributed by atoms with E-state index in [1.54, 1.807) is 23.1 Å². The van der Waals surface area contributed by atoms with Gasteiger partial charge in [0.2, 0.25) is 0 Å². The molecule has 1 unspecified atom stereocenters. The molecule has 1 aromatic heterocycles. The number of rotatable bonds is 4. The fourth-order valence-electron chi connectivity index (χ4n) is 1.43. The molecule has 0 saturated carbocycles. The number of nitrogens with two attached hydrogens (primary N) is 1. The molecule has 0 aliphatic carbocycles. The fraction of sp³-hybridized carbons (Fsp3) is 0.167. The number of thioether (sulfide) groups is 1. The highest BCUT2D eigenvalue weighted by Gasteiger charge is 2.14. The van der Waals surface area contributed by atoms with E-state index in [4.69, 9.17) is 28.9 Å². The van der Waals surface area contributed by atoms with Crippen LogP contribution in [0.1, 0.15) is 10.1 Å². The minimum absolute atomic E-state index is 0.235. The first-order valence-corrected chi connectivity index (χ1v) is 8.46. The van der Waals surface area contributed by atoms with Crippen molar-refractivity contribution in [2.45, 2.75) is 10.1 Å². The summed E-state index contributed by atoms with van der Waals surface area (Å²) in [6.07, 6.45) is 0. The second-order valence-corrected chi connectivity index (χ2v) is 7.53. The van der Waals surface area contributed by atoms with Gasteiger partial charge in [-0.25, -0.2) is 0 Å². The molecule has 0 amide bonds. The number of halogens is 3. The van der Waals surface area contributed by atoms with Crippen LogP contribution in [0.4, 0.5) is 0 Å². The number of benzene rings is 1. The Kier molecular flexibility index (Phi) is 5.42. The molecule has 1 heterocycles. The summed E-state index contributed by atoms with van der Waals surface area (Å²) in [5.41, 5.74) is 5.84. The molecule has 2 aromatic rings. The van der Waals surface area contributed by atoms with Crippen LogP contribution in [0.5, 0.6) is 0 Å². The Bertz CT molecular complexity index is 545. The molecule has 2 rings (SSSR count). The van der Waals surface area contributed by atoms with Crippen LogP contribution in [-0.2, 0) is 0 Å². The topological polar surface area (TPSA) is 26.0 Å². The van der Waals surface area contributed by atoms with Crippen LogP contribution in [-0.4, -0.2) is 6.54 Å². The zero-order chi connectivity index (χ0) is 13.1. The lowest BCUT2D eigenvalue weighted by atomic mass is 10.3. The van der Waals surface area contributed by atoms with Crippen molar-refractivity contribution in [2.75, 3.05) is 6.54 Å². The molecule has 0 aliphatic rings. The number of hydrogen-bond acceptors (Lipinski definition) is 3. The van der Waals surface area contributed by atoms with Gasteiger partial charge in [0.15, 0.2) is 0 Å². The maximum Gasteiger partial charge on any atom is 0.0603 e. The first-order valence-electron chi connectivity index (χ1n) is 5.16. The van der Waals surface area contributed by atoms with E-state index in [1.165, 1.54) is 4.88 Å². The van der Waals surface area contributed by atoms with Gasteiger partial charge in [0, 0.05) is 26.2 Å². The van der Waals surface area contributed by atoms with E-state index in [0.29, 0.717) is 16.6 Å². The highest BCUT2D eigenvalue weighted by atomic mass is 79.9. The SMILES string of the molecule is NCC(Sc1ccc(Cl)c(Cl)c1)c1cc(Br)cs1. The monoisotopic (exact) mass is 381 g/mol. The van der Waals surface area contributed by atoms with E-state index < -0.39 is 0 Å². The quantitative estimate of drug-likeness (QED) is 0.695. The lowest BCUT2D eigenvalue weighted by Crippen LogP contribution is -2.07. The van der Waals surface area contributed by atoms with Crippen molar-refractivity contribution in [3.8, 4) is 0 Å². The van der Waals surface area contributed by atoms with Crippen molar-refractivity contribution < 1.29 is 0 Å². The van der Waals surface area contributed by atoms with Gasteiger partial charge in [-0.15, -0.1) is 23.1 Å². The normalized spacial score (nSPS) is 12.7. The lowest BCUT2D eigenvalue weighted by molar-refractivity contribution is 0.960. The van der Waals surface area contributed by atoms with Gasteiger partial charge in [-0.1, -0.05) is 23.2 Å². The molecule has 1 nitrogen and oxygen atoms in total. The van der Waals surface area contributed by atoms with Gasteiger partial charge in [0.05, 0.1) is 15.3 Å². The molecule has 18 heavy (non-hydrogen) atoms. The van der Waals surface area contributed by atoms with Crippen LogP contribution in [0.2, 0.25) is 10.0 Å². The molecule has 0 radical (unpaired) electrons. The van der Waals surface area contributed by atoms with Gasteiger partial charge in [0.25, 0.3) is 0 Å². The van der Waals surface area contributed by atoms with E-state index in [-0.39, 0.29) is 5.25 Å². The average Bonchev–Trinajstić information content (AvgIpc) is 2.77. The first-order chi connectivity index (χ1) is 8.60. The Balaban J connectivity index is 2.17. The molecule has 0 aliphatic heterocycles. The molecule has 0 bridgehead atoms. The summed E-state index contributed by atoms with van der Waals surface area (Å²) in [4.78, 5) is 2.32. The second-order valence-electron chi connectivity index (χ2n) is 3.59. The predicted octanol–water partition coefficient (Wildman–Crippen LogP) is 5.61. The fourth-order valence-corrected chi connectivity index (χ4v) is 4.49. The minimum atomic E-state index is 0.235. The molecular weight excluding hydrogens is 373 g/mol. The number of thiophene rings is 1. The Morgan fingerprint density at radius 3 is 2.61 bits per heavy atom. The Morgan fingerprint density at radius 1 is 1.28 bits per heavy atom. The zero-order valence-corrected chi connectivity index (χ0v) is 13.9. The van der Waals surface area contributed by atoms with Gasteiger partial charge in [0.1, 0.15) is 0 Å². The maximum atomic E-state index is 6.01. The largest absolute Gasteiger partial charge is 0.329 e. The Hall–Kier alpha value is 0.290. The summed E-state index contributed by atoms with van der Waals surface area (Å²) in [5.74, 6) is 0. The molecule has 1 aromatic carbocycles. The van der Waals surface area contributed by atoms with Crippen LogP contribution in [0.3, 0.4) is 0 Å². The molecule has 1 atom stereocenters. The van der Waals surface area contributed by atoms with Gasteiger partial charge in [-0.05, 0) is 40.2 Å². The van der Waals surface area contributed by atoms with E-state index in [2.05, 4.69) is 27.4 Å². The van der Waals surface area contributed by atoms with E-state index in [9.17, 15) is 0 Å². The van der Waals surface area contributed by atoms with Crippen LogP contribution in [0.25, 0.3) is 0 Å². The van der Waals surface area contributed by atoms with Crippen LogP contribution in [0, 0.1) is 0 Å². The van der Waals surface area contributed by atoms with Crippen molar-refractivity contribution in [3.05, 3.63) is 49.0 Å². The minimum Gasteiger partial charge on any atom is -0.329 e. The highest BCUT2D eigenvalue weighted by molar-refractivity contribution is 9.10.